The number of carbonyl (C=O) groups excluding carboxylic acids is 1. The van der Waals surface area contributed by atoms with Crippen molar-refractivity contribution in [2.75, 3.05) is 38.3 Å². The molecule has 1 fully saturated rings. The Morgan fingerprint density at radius 2 is 2.10 bits per heavy atom. The first-order valence-corrected chi connectivity index (χ1v) is 6.70. The van der Waals surface area contributed by atoms with E-state index in [2.05, 4.69) is 0 Å². The maximum atomic E-state index is 11.3. The number of hydrogen-bond donors (Lipinski definition) is 0. The monoisotopic (exact) mass is 294 g/mol. The van der Waals surface area contributed by atoms with Crippen molar-refractivity contribution in [1.29, 1.82) is 0 Å². The third kappa shape index (κ3) is 3.49. The second-order valence-corrected chi connectivity index (χ2v) is 4.89. The Bertz CT molecular complexity index is 553. The molecular formula is C14H18N2O5. The van der Waals surface area contributed by atoms with Crippen molar-refractivity contribution in [1.82, 2.24) is 0 Å². The maximum Gasteiger partial charge on any atom is 0.293 e. The lowest BCUT2D eigenvalue weighted by atomic mass is 10.1. The number of hydrogen-bond acceptors (Lipinski definition) is 6. The van der Waals surface area contributed by atoms with Crippen LogP contribution in [0.3, 0.4) is 0 Å². The summed E-state index contributed by atoms with van der Waals surface area (Å²) in [5.41, 5.74) is 1.04. The Morgan fingerprint density at radius 1 is 1.43 bits per heavy atom. The third-order valence-electron chi connectivity index (χ3n) is 3.37. The lowest BCUT2D eigenvalue weighted by Gasteiger charge is -2.29. The summed E-state index contributed by atoms with van der Waals surface area (Å²) in [6.45, 7) is 3.70. The van der Waals surface area contributed by atoms with Crippen LogP contribution in [-0.4, -0.2) is 44.1 Å². The Balaban J connectivity index is 2.47. The van der Waals surface area contributed by atoms with E-state index in [1.165, 1.54) is 20.1 Å². The van der Waals surface area contributed by atoms with Crippen molar-refractivity contribution < 1.29 is 19.2 Å². The van der Waals surface area contributed by atoms with E-state index < -0.39 is 4.92 Å². The summed E-state index contributed by atoms with van der Waals surface area (Å²) in [4.78, 5) is 24.1. The number of ether oxygens (including phenoxy) is 2. The molecule has 7 heteroatoms. The molecule has 0 amide bonds. The Hall–Kier alpha value is -2.15. The number of nitro benzene ring substituents is 1. The number of benzene rings is 1. The highest BCUT2D eigenvalue weighted by Crippen LogP contribution is 2.36. The van der Waals surface area contributed by atoms with E-state index >= 15 is 0 Å². The van der Waals surface area contributed by atoms with Crippen LogP contribution in [0.4, 0.5) is 11.4 Å². The van der Waals surface area contributed by atoms with Crippen molar-refractivity contribution in [3.05, 3.63) is 27.8 Å². The van der Waals surface area contributed by atoms with Gasteiger partial charge in [0.1, 0.15) is 17.2 Å². The SMILES string of the molecule is COc1cc(N2CCOCC2)c([N+](=O)[O-])cc1CC(C)=O. The molecule has 0 unspecified atom stereocenters. The fourth-order valence-electron chi connectivity index (χ4n) is 2.40. The first kappa shape index (κ1) is 15.2. The molecule has 1 aromatic rings. The number of carbonyl (C=O) groups is 1. The van der Waals surface area contributed by atoms with Gasteiger partial charge in [0, 0.05) is 37.2 Å². The topological polar surface area (TPSA) is 81.9 Å². The molecule has 0 saturated carbocycles. The fourth-order valence-corrected chi connectivity index (χ4v) is 2.40. The first-order chi connectivity index (χ1) is 10.0. The van der Waals surface area contributed by atoms with E-state index in [4.69, 9.17) is 9.47 Å². The van der Waals surface area contributed by atoms with Gasteiger partial charge in [-0.1, -0.05) is 0 Å². The molecule has 0 N–H and O–H groups in total. The number of morpholine rings is 1. The molecule has 1 aliphatic rings. The van der Waals surface area contributed by atoms with Gasteiger partial charge in [-0.15, -0.1) is 0 Å². The van der Waals surface area contributed by atoms with Crippen molar-refractivity contribution >= 4 is 17.2 Å². The van der Waals surface area contributed by atoms with E-state index in [-0.39, 0.29) is 17.9 Å². The fraction of sp³-hybridized carbons (Fsp3) is 0.500. The van der Waals surface area contributed by atoms with Gasteiger partial charge in [-0.05, 0) is 6.92 Å². The first-order valence-electron chi connectivity index (χ1n) is 6.70. The number of nitro groups is 1. The predicted octanol–water partition coefficient (Wildman–Crippen LogP) is 1.57. The predicted molar refractivity (Wildman–Crippen MR) is 77.1 cm³/mol. The van der Waals surface area contributed by atoms with Gasteiger partial charge in [-0.25, -0.2) is 0 Å². The normalized spacial score (nSPS) is 14.9. The van der Waals surface area contributed by atoms with Gasteiger partial charge in [-0.3, -0.25) is 14.9 Å². The summed E-state index contributed by atoms with van der Waals surface area (Å²) >= 11 is 0. The standard InChI is InChI=1S/C14H18N2O5/c1-10(17)7-11-8-13(16(18)19)12(9-14(11)20-2)15-3-5-21-6-4-15/h8-9H,3-7H2,1-2H3. The molecule has 0 spiro atoms. The van der Waals surface area contributed by atoms with Crippen molar-refractivity contribution in [2.45, 2.75) is 13.3 Å². The van der Waals surface area contributed by atoms with Gasteiger partial charge < -0.3 is 14.4 Å². The molecule has 1 heterocycles. The Labute approximate surface area is 122 Å². The third-order valence-corrected chi connectivity index (χ3v) is 3.37. The van der Waals surface area contributed by atoms with E-state index in [9.17, 15) is 14.9 Å². The second kappa shape index (κ2) is 6.53. The zero-order valence-electron chi connectivity index (χ0n) is 12.1. The van der Waals surface area contributed by atoms with Crippen LogP contribution in [0, 0.1) is 10.1 Å². The van der Waals surface area contributed by atoms with Crippen LogP contribution in [0.5, 0.6) is 5.75 Å². The van der Waals surface area contributed by atoms with Crippen LogP contribution >= 0.6 is 0 Å². The van der Waals surface area contributed by atoms with Gasteiger partial charge >= 0.3 is 0 Å². The van der Waals surface area contributed by atoms with Crippen molar-refractivity contribution in [2.24, 2.45) is 0 Å². The average Bonchev–Trinajstić information content (AvgIpc) is 2.47. The maximum absolute atomic E-state index is 11.3. The molecule has 1 aliphatic heterocycles. The molecule has 0 bridgehead atoms. The van der Waals surface area contributed by atoms with E-state index in [0.717, 1.165) is 0 Å². The molecule has 21 heavy (non-hydrogen) atoms. The minimum atomic E-state index is -0.423. The number of Topliss-reactive ketones (excluding diaryl/α,β-unsaturated/α-hetero) is 1. The number of anilines is 1. The largest absolute Gasteiger partial charge is 0.496 e. The van der Waals surface area contributed by atoms with Gasteiger partial charge in [0.15, 0.2) is 0 Å². The van der Waals surface area contributed by atoms with E-state index in [1.807, 2.05) is 4.90 Å². The highest BCUT2D eigenvalue weighted by Gasteiger charge is 2.24. The average molecular weight is 294 g/mol. The number of ketones is 1. The quantitative estimate of drug-likeness (QED) is 0.605. The lowest BCUT2D eigenvalue weighted by Crippen LogP contribution is -2.36. The summed E-state index contributed by atoms with van der Waals surface area (Å²) < 4.78 is 10.5. The summed E-state index contributed by atoms with van der Waals surface area (Å²) in [5, 5.41) is 11.3. The van der Waals surface area contributed by atoms with Crippen LogP contribution in [0.1, 0.15) is 12.5 Å². The van der Waals surface area contributed by atoms with E-state index in [0.29, 0.717) is 43.3 Å². The van der Waals surface area contributed by atoms with Crippen LogP contribution in [-0.2, 0) is 16.0 Å². The molecule has 114 valence electrons. The minimum absolute atomic E-state index is 0.00560. The van der Waals surface area contributed by atoms with Crippen LogP contribution in [0.25, 0.3) is 0 Å². The molecule has 7 nitrogen and oxygen atoms in total. The van der Waals surface area contributed by atoms with Gasteiger partial charge in [0.2, 0.25) is 0 Å². The zero-order chi connectivity index (χ0) is 15.4. The molecule has 0 aliphatic carbocycles. The zero-order valence-corrected chi connectivity index (χ0v) is 12.1. The smallest absolute Gasteiger partial charge is 0.293 e. The summed E-state index contributed by atoms with van der Waals surface area (Å²) in [6, 6.07) is 3.08. The minimum Gasteiger partial charge on any atom is -0.496 e. The molecule has 2 rings (SSSR count). The van der Waals surface area contributed by atoms with Gasteiger partial charge in [0.25, 0.3) is 5.69 Å². The molecule has 0 aromatic heterocycles. The highest BCUT2D eigenvalue weighted by molar-refractivity contribution is 5.80. The molecule has 0 radical (unpaired) electrons. The molecular weight excluding hydrogens is 276 g/mol. The van der Waals surface area contributed by atoms with Gasteiger partial charge in [0.05, 0.1) is 25.2 Å². The lowest BCUT2D eigenvalue weighted by molar-refractivity contribution is -0.384. The summed E-state index contributed by atoms with van der Waals surface area (Å²) in [7, 11) is 1.49. The van der Waals surface area contributed by atoms with Crippen molar-refractivity contribution in [3.63, 3.8) is 0 Å². The highest BCUT2D eigenvalue weighted by atomic mass is 16.6. The molecule has 1 aromatic carbocycles. The summed E-state index contributed by atoms with van der Waals surface area (Å²) in [5.74, 6) is 0.430. The van der Waals surface area contributed by atoms with Crippen LogP contribution in [0.2, 0.25) is 0 Å². The van der Waals surface area contributed by atoms with E-state index in [1.54, 1.807) is 6.07 Å². The summed E-state index contributed by atoms with van der Waals surface area (Å²) in [6.07, 6.45) is 0.118. The second-order valence-electron chi connectivity index (χ2n) is 4.89. The molecule has 1 saturated heterocycles. The number of methoxy groups -OCH3 is 1. The van der Waals surface area contributed by atoms with Crippen LogP contribution < -0.4 is 9.64 Å². The number of rotatable bonds is 5. The van der Waals surface area contributed by atoms with Gasteiger partial charge in [-0.2, -0.15) is 0 Å². The molecule has 0 atom stereocenters. The Kier molecular flexibility index (Phi) is 4.74. The Morgan fingerprint density at radius 3 is 2.62 bits per heavy atom. The van der Waals surface area contributed by atoms with Crippen molar-refractivity contribution in [3.8, 4) is 5.75 Å². The van der Waals surface area contributed by atoms with Crippen LogP contribution in [0.15, 0.2) is 12.1 Å². The number of nitrogens with zero attached hydrogens (tertiary/aromatic N) is 2.